The number of thiophene rings is 1. The largest absolute Gasteiger partial charge is 0.322 e. The van der Waals surface area contributed by atoms with Gasteiger partial charge in [0, 0.05) is 16.3 Å². The van der Waals surface area contributed by atoms with Crippen LogP contribution in [0.5, 0.6) is 0 Å². The second-order valence-corrected chi connectivity index (χ2v) is 5.62. The highest BCUT2D eigenvalue weighted by Gasteiger charge is 2.31. The Morgan fingerprint density at radius 2 is 2.27 bits per heavy atom. The van der Waals surface area contributed by atoms with Gasteiger partial charge in [-0.2, -0.15) is 11.3 Å². The molecule has 0 spiro atoms. The number of hydrogen-bond acceptors (Lipinski definition) is 4. The van der Waals surface area contributed by atoms with E-state index in [0.29, 0.717) is 5.92 Å². The minimum absolute atomic E-state index is 0.169. The van der Waals surface area contributed by atoms with Crippen molar-refractivity contribution in [2.24, 2.45) is 11.7 Å². The Balaban J connectivity index is 1.87. The van der Waals surface area contributed by atoms with E-state index in [0.717, 1.165) is 10.7 Å². The summed E-state index contributed by atoms with van der Waals surface area (Å²) in [7, 11) is 0. The first-order valence-corrected chi connectivity index (χ1v) is 6.90. The molecule has 0 radical (unpaired) electrons. The molecule has 3 rings (SSSR count). The van der Waals surface area contributed by atoms with Crippen LogP contribution >= 0.6 is 22.7 Å². The van der Waals surface area contributed by atoms with E-state index in [9.17, 15) is 0 Å². The molecule has 1 aliphatic rings. The normalized spacial score (nSPS) is 17.9. The molecule has 4 heteroatoms. The van der Waals surface area contributed by atoms with Gasteiger partial charge in [0.05, 0.1) is 11.7 Å². The van der Waals surface area contributed by atoms with Gasteiger partial charge in [-0.25, -0.2) is 4.98 Å². The van der Waals surface area contributed by atoms with Crippen LogP contribution in [-0.4, -0.2) is 4.98 Å². The standard InChI is InChI=1S/C11H12N2S2/c12-10(7-1-2-7)11-13-9(6-15-11)8-3-4-14-5-8/h3-7,10H,1-2,12H2. The van der Waals surface area contributed by atoms with Gasteiger partial charge in [0.2, 0.25) is 0 Å². The summed E-state index contributed by atoms with van der Waals surface area (Å²) < 4.78 is 0. The first-order chi connectivity index (χ1) is 7.34. The van der Waals surface area contributed by atoms with Crippen LogP contribution in [0.1, 0.15) is 23.9 Å². The van der Waals surface area contributed by atoms with Crippen LogP contribution in [0.25, 0.3) is 11.3 Å². The Morgan fingerprint density at radius 1 is 1.40 bits per heavy atom. The zero-order chi connectivity index (χ0) is 10.3. The summed E-state index contributed by atoms with van der Waals surface area (Å²) in [4.78, 5) is 4.61. The van der Waals surface area contributed by atoms with E-state index in [-0.39, 0.29) is 6.04 Å². The zero-order valence-corrected chi connectivity index (χ0v) is 9.85. The van der Waals surface area contributed by atoms with Crippen molar-refractivity contribution in [3.8, 4) is 11.3 Å². The average molecular weight is 236 g/mol. The first kappa shape index (κ1) is 9.51. The monoisotopic (exact) mass is 236 g/mol. The number of hydrogen-bond donors (Lipinski definition) is 1. The molecule has 2 aromatic rings. The third-order valence-electron chi connectivity index (χ3n) is 2.75. The number of nitrogens with two attached hydrogens (primary N) is 1. The maximum absolute atomic E-state index is 6.12. The van der Waals surface area contributed by atoms with Crippen molar-refractivity contribution in [1.82, 2.24) is 4.98 Å². The van der Waals surface area contributed by atoms with E-state index in [1.165, 1.54) is 18.4 Å². The Morgan fingerprint density at radius 3 is 2.93 bits per heavy atom. The van der Waals surface area contributed by atoms with Crippen molar-refractivity contribution in [3.05, 3.63) is 27.2 Å². The van der Waals surface area contributed by atoms with Crippen molar-refractivity contribution in [2.75, 3.05) is 0 Å². The molecule has 2 aromatic heterocycles. The minimum atomic E-state index is 0.169. The van der Waals surface area contributed by atoms with E-state index < -0.39 is 0 Å². The molecule has 1 unspecified atom stereocenters. The zero-order valence-electron chi connectivity index (χ0n) is 8.22. The lowest BCUT2D eigenvalue weighted by atomic mass is 10.2. The van der Waals surface area contributed by atoms with Crippen LogP contribution in [0.2, 0.25) is 0 Å². The molecule has 0 aromatic carbocycles. The van der Waals surface area contributed by atoms with Crippen LogP contribution in [0.4, 0.5) is 0 Å². The number of nitrogens with zero attached hydrogens (tertiary/aromatic N) is 1. The molecule has 1 aliphatic carbocycles. The van der Waals surface area contributed by atoms with Gasteiger partial charge in [0.15, 0.2) is 0 Å². The first-order valence-electron chi connectivity index (χ1n) is 5.08. The van der Waals surface area contributed by atoms with E-state index in [1.54, 1.807) is 22.7 Å². The number of aromatic nitrogens is 1. The van der Waals surface area contributed by atoms with Crippen molar-refractivity contribution >= 4 is 22.7 Å². The van der Waals surface area contributed by atoms with Crippen molar-refractivity contribution in [3.63, 3.8) is 0 Å². The van der Waals surface area contributed by atoms with Gasteiger partial charge in [0.25, 0.3) is 0 Å². The van der Waals surface area contributed by atoms with Crippen LogP contribution in [0.15, 0.2) is 22.2 Å². The second-order valence-electron chi connectivity index (χ2n) is 3.95. The van der Waals surface area contributed by atoms with Gasteiger partial charge < -0.3 is 5.73 Å². The summed E-state index contributed by atoms with van der Waals surface area (Å²) in [6, 6.07) is 2.27. The smallest absolute Gasteiger partial charge is 0.110 e. The molecule has 15 heavy (non-hydrogen) atoms. The topological polar surface area (TPSA) is 38.9 Å². The summed E-state index contributed by atoms with van der Waals surface area (Å²) in [6.45, 7) is 0. The molecule has 0 bridgehead atoms. The summed E-state index contributed by atoms with van der Waals surface area (Å²) in [5, 5.41) is 7.41. The SMILES string of the molecule is NC(c1nc(-c2ccsc2)cs1)C1CC1. The summed E-state index contributed by atoms with van der Waals surface area (Å²) in [5.74, 6) is 0.687. The molecule has 1 fully saturated rings. The Labute approximate surface area is 96.8 Å². The summed E-state index contributed by atoms with van der Waals surface area (Å²) >= 11 is 3.40. The fourth-order valence-electron chi connectivity index (χ4n) is 1.64. The molecular formula is C11H12N2S2. The summed E-state index contributed by atoms with van der Waals surface area (Å²) in [5.41, 5.74) is 8.41. The van der Waals surface area contributed by atoms with Crippen LogP contribution in [-0.2, 0) is 0 Å². The highest BCUT2D eigenvalue weighted by Crippen LogP contribution is 2.40. The Kier molecular flexibility index (Phi) is 2.35. The third-order valence-corrected chi connectivity index (χ3v) is 4.38. The van der Waals surface area contributed by atoms with Gasteiger partial charge >= 0.3 is 0 Å². The molecule has 0 aliphatic heterocycles. The minimum Gasteiger partial charge on any atom is -0.322 e. The van der Waals surface area contributed by atoms with E-state index in [2.05, 4.69) is 27.2 Å². The lowest BCUT2D eigenvalue weighted by Gasteiger charge is -2.04. The number of thiazole rings is 1. The third kappa shape index (κ3) is 1.85. The fourth-order valence-corrected chi connectivity index (χ4v) is 3.21. The lowest BCUT2D eigenvalue weighted by molar-refractivity contribution is 0.629. The van der Waals surface area contributed by atoms with Crippen molar-refractivity contribution in [1.29, 1.82) is 0 Å². The highest BCUT2D eigenvalue weighted by molar-refractivity contribution is 7.10. The summed E-state index contributed by atoms with van der Waals surface area (Å²) in [6.07, 6.45) is 2.54. The highest BCUT2D eigenvalue weighted by atomic mass is 32.1. The van der Waals surface area contributed by atoms with Crippen molar-refractivity contribution in [2.45, 2.75) is 18.9 Å². The molecular weight excluding hydrogens is 224 g/mol. The molecule has 1 saturated carbocycles. The van der Waals surface area contributed by atoms with Crippen LogP contribution in [0, 0.1) is 5.92 Å². The lowest BCUT2D eigenvalue weighted by Crippen LogP contribution is -2.11. The van der Waals surface area contributed by atoms with Gasteiger partial charge in [-0.05, 0) is 30.2 Å². The molecule has 2 nitrogen and oxygen atoms in total. The molecule has 2 heterocycles. The Hall–Kier alpha value is -0.710. The molecule has 0 amide bonds. The molecule has 78 valence electrons. The fraction of sp³-hybridized carbons (Fsp3) is 0.364. The Bertz CT molecular complexity index is 443. The predicted octanol–water partition coefficient (Wildman–Crippen LogP) is 3.28. The van der Waals surface area contributed by atoms with Gasteiger partial charge in [-0.3, -0.25) is 0 Å². The maximum Gasteiger partial charge on any atom is 0.110 e. The second kappa shape index (κ2) is 3.70. The predicted molar refractivity (Wildman–Crippen MR) is 65.1 cm³/mol. The molecule has 2 N–H and O–H groups in total. The molecule has 1 atom stereocenters. The van der Waals surface area contributed by atoms with E-state index in [4.69, 9.17) is 5.73 Å². The van der Waals surface area contributed by atoms with Crippen LogP contribution < -0.4 is 5.73 Å². The van der Waals surface area contributed by atoms with Gasteiger partial charge in [-0.1, -0.05) is 0 Å². The molecule has 0 saturated heterocycles. The quantitative estimate of drug-likeness (QED) is 0.888. The maximum atomic E-state index is 6.12. The van der Waals surface area contributed by atoms with E-state index in [1.807, 2.05) is 0 Å². The van der Waals surface area contributed by atoms with E-state index >= 15 is 0 Å². The van der Waals surface area contributed by atoms with Gasteiger partial charge in [0.1, 0.15) is 5.01 Å². The number of rotatable bonds is 3. The van der Waals surface area contributed by atoms with Crippen molar-refractivity contribution < 1.29 is 0 Å². The average Bonchev–Trinajstić information content (AvgIpc) is 2.80. The van der Waals surface area contributed by atoms with Crippen LogP contribution in [0.3, 0.4) is 0 Å². The van der Waals surface area contributed by atoms with Gasteiger partial charge in [-0.15, -0.1) is 11.3 Å².